The van der Waals surface area contributed by atoms with Gasteiger partial charge in [0.15, 0.2) is 0 Å². The third-order valence-corrected chi connectivity index (χ3v) is 0. The van der Waals surface area contributed by atoms with E-state index in [-0.39, 0.29) is 24.8 Å². The van der Waals surface area contributed by atoms with Crippen LogP contribution in [0.5, 0.6) is 0 Å². The van der Waals surface area contributed by atoms with Gasteiger partial charge in [-0.25, -0.2) is 11.8 Å². The van der Waals surface area contributed by atoms with Crippen molar-refractivity contribution >= 4 is 24.8 Å². The lowest BCUT2D eigenvalue weighted by Crippen LogP contribution is -1.86. The molecule has 5 N–H and O–H groups in total. The third kappa shape index (κ3) is 711. The van der Waals surface area contributed by atoms with Gasteiger partial charge in [0.05, 0.1) is 7.11 Å². The number of hydrogen-bond donors (Lipinski definition) is 3. The summed E-state index contributed by atoms with van der Waals surface area (Å²) in [6.45, 7) is 0. The van der Waals surface area contributed by atoms with Crippen molar-refractivity contribution in [3.8, 4) is 0 Å². The normalized spacial score (nSPS) is 3.43. The highest BCUT2D eigenvalue weighted by atomic mass is 35.5. The van der Waals surface area contributed by atoms with Gasteiger partial charge in [0, 0.05) is 0 Å². The van der Waals surface area contributed by atoms with E-state index in [9.17, 15) is 0 Å². The molecule has 0 aliphatic carbocycles. The van der Waals surface area contributed by atoms with Crippen molar-refractivity contribution in [1.29, 1.82) is 0 Å². The lowest BCUT2D eigenvalue weighted by atomic mass is 11.7. The summed E-state index contributed by atoms with van der Waals surface area (Å²) in [6, 6.07) is 0. The highest BCUT2D eigenvalue weighted by Crippen LogP contribution is 1.14. The molecule has 4 nitrogen and oxygen atoms in total. The Hall–Kier alpha value is 0.420. The first-order valence-corrected chi connectivity index (χ1v) is 0.902. The van der Waals surface area contributed by atoms with Crippen LogP contribution >= 0.6 is 24.8 Å². The Morgan fingerprint density at radius 2 is 1.29 bits per heavy atom. The highest BCUT2D eigenvalue weighted by Gasteiger charge is 1.23. The summed E-state index contributed by atoms with van der Waals surface area (Å²) in [5.74, 6) is 7.85. The van der Waals surface area contributed by atoms with Gasteiger partial charge in [-0.1, -0.05) is 0 Å². The molecule has 0 aromatic rings. The molecule has 0 atom stereocenters. The number of halogens is 2. The fourth-order valence-electron chi connectivity index (χ4n) is 0. The van der Waals surface area contributed by atoms with Crippen molar-refractivity contribution in [3.05, 3.63) is 0 Å². The zero-order chi connectivity index (χ0) is 4.71. The van der Waals surface area contributed by atoms with Gasteiger partial charge in [-0.2, -0.15) is 0 Å². The van der Waals surface area contributed by atoms with Crippen molar-refractivity contribution in [3.63, 3.8) is 0 Å². The van der Waals surface area contributed by atoms with Gasteiger partial charge >= 0.3 is 0 Å². The second-order valence-electron chi connectivity index (χ2n) is 0.236. The van der Waals surface area contributed by atoms with Crippen LogP contribution in [-0.2, 0) is 4.84 Å². The molecule has 0 saturated heterocycles. The van der Waals surface area contributed by atoms with Crippen LogP contribution in [0.25, 0.3) is 0 Å². The van der Waals surface area contributed by atoms with E-state index >= 15 is 0 Å². The predicted octanol–water partition coefficient (Wildman–Crippen LogP) is -0.316. The molecule has 0 aliphatic heterocycles. The first kappa shape index (κ1) is 26.1. The summed E-state index contributed by atoms with van der Waals surface area (Å²) in [7, 11) is 1.40. The van der Waals surface area contributed by atoms with Crippen molar-refractivity contribution < 1.29 is 10.0 Å². The molecule has 0 radical (unpaired) electrons. The minimum atomic E-state index is 0. The summed E-state index contributed by atoms with van der Waals surface area (Å²) >= 11 is 0. The van der Waals surface area contributed by atoms with Gasteiger partial charge in [-0.3, -0.25) is 0 Å². The maximum Gasteiger partial charge on any atom is 0.0569 e. The molecule has 0 aromatic heterocycles. The van der Waals surface area contributed by atoms with E-state index in [1.54, 1.807) is 0 Å². The van der Waals surface area contributed by atoms with Crippen molar-refractivity contribution in [1.82, 2.24) is 0 Å². The molecule has 0 fully saturated rings. The lowest BCUT2D eigenvalue weighted by Gasteiger charge is -1.62. The molecular weight excluding hydrogens is 143 g/mol. The smallest absolute Gasteiger partial charge is 0.0569 e. The van der Waals surface area contributed by atoms with Gasteiger partial charge in [0.1, 0.15) is 0 Å². The van der Waals surface area contributed by atoms with Gasteiger partial charge in [0.25, 0.3) is 0 Å². The Bertz CT molecular complexity index is 13.7. The fraction of sp³-hybridized carbons (Fsp3) is 1.00. The number of rotatable bonds is 0. The molecule has 0 spiro atoms. The Morgan fingerprint density at radius 3 is 1.29 bits per heavy atom. The Kier molecular flexibility index (Phi) is 349. The van der Waals surface area contributed by atoms with E-state index in [1.807, 2.05) is 0 Å². The Morgan fingerprint density at radius 1 is 1.29 bits per heavy atom. The molecule has 7 heavy (non-hydrogen) atoms. The van der Waals surface area contributed by atoms with Crippen LogP contribution in [0, 0.1) is 0 Å². The summed E-state index contributed by atoms with van der Waals surface area (Å²) in [5.41, 5.74) is 0. The average molecular weight is 153 g/mol. The molecule has 0 saturated carbocycles. The second kappa shape index (κ2) is 93.5. The Labute approximate surface area is 54.5 Å². The molecule has 0 amide bonds. The minimum absolute atomic E-state index is 0. The summed E-state index contributed by atoms with van der Waals surface area (Å²) < 4.78 is 0. The monoisotopic (exact) mass is 152 g/mol. The van der Waals surface area contributed by atoms with E-state index in [4.69, 9.17) is 5.21 Å². The SMILES string of the molecule is CON.Cl.Cl.NO. The van der Waals surface area contributed by atoms with Crippen molar-refractivity contribution in [2.45, 2.75) is 0 Å². The highest BCUT2D eigenvalue weighted by molar-refractivity contribution is 5.85. The van der Waals surface area contributed by atoms with Crippen LogP contribution in [0.2, 0.25) is 0 Å². The van der Waals surface area contributed by atoms with Crippen LogP contribution in [0.3, 0.4) is 0 Å². The fourth-order valence-corrected chi connectivity index (χ4v) is 0. The summed E-state index contributed by atoms with van der Waals surface area (Å²) in [4.78, 5) is 3.75. The van der Waals surface area contributed by atoms with Crippen LogP contribution < -0.4 is 11.8 Å². The van der Waals surface area contributed by atoms with Crippen LogP contribution in [0.15, 0.2) is 0 Å². The maximum atomic E-state index is 6.50. The Balaban J connectivity index is -0.0000000105. The zero-order valence-corrected chi connectivity index (χ0v) is 5.46. The third-order valence-electron chi connectivity index (χ3n) is 0. The number of nitrogens with two attached hydrogens (primary N) is 2. The maximum absolute atomic E-state index is 6.50. The molecule has 0 aliphatic rings. The van der Waals surface area contributed by atoms with Crippen LogP contribution in [0.1, 0.15) is 0 Å². The first-order chi connectivity index (χ1) is 2.41. The van der Waals surface area contributed by atoms with Gasteiger partial charge in [0.2, 0.25) is 0 Å². The molecule has 50 valence electrons. The molecule has 0 rings (SSSR count). The van der Waals surface area contributed by atoms with E-state index in [2.05, 4.69) is 16.6 Å². The molecular formula is CH10Cl2N2O2. The zero-order valence-electron chi connectivity index (χ0n) is 3.83. The van der Waals surface area contributed by atoms with E-state index in [0.717, 1.165) is 0 Å². The first-order valence-electron chi connectivity index (χ1n) is 0.902. The average Bonchev–Trinajstić information content (AvgIpc) is 1.46. The molecule has 0 heterocycles. The standard InChI is InChI=1S/CH5NO.2ClH.H3NO/c1-3-2;;;1-2/h2H2,1H3;2*1H;2H,1H2. The summed E-state index contributed by atoms with van der Waals surface area (Å²) in [6.07, 6.45) is 0. The topological polar surface area (TPSA) is 81.5 Å². The van der Waals surface area contributed by atoms with E-state index < -0.39 is 0 Å². The van der Waals surface area contributed by atoms with Crippen LogP contribution in [-0.4, -0.2) is 12.3 Å². The van der Waals surface area contributed by atoms with Gasteiger partial charge in [-0.15, -0.1) is 24.8 Å². The molecule has 0 bridgehead atoms. The second-order valence-corrected chi connectivity index (χ2v) is 0.236. The van der Waals surface area contributed by atoms with Gasteiger partial charge < -0.3 is 10.0 Å². The predicted molar refractivity (Wildman–Crippen MR) is 31.7 cm³/mol. The summed E-state index contributed by atoms with van der Waals surface area (Å²) in [5, 5.41) is 6.50. The molecule has 0 unspecified atom stereocenters. The number of hydrogen-bond acceptors (Lipinski definition) is 4. The molecule has 6 heteroatoms. The quantitative estimate of drug-likeness (QED) is 0.416. The lowest BCUT2D eigenvalue weighted by molar-refractivity contribution is 0.206. The van der Waals surface area contributed by atoms with E-state index in [0.29, 0.717) is 0 Å². The van der Waals surface area contributed by atoms with Crippen molar-refractivity contribution in [2.24, 2.45) is 11.8 Å². The molecule has 0 aromatic carbocycles. The largest absolute Gasteiger partial charge is 0.320 e. The van der Waals surface area contributed by atoms with Crippen LogP contribution in [0.4, 0.5) is 0 Å². The van der Waals surface area contributed by atoms with Crippen molar-refractivity contribution in [2.75, 3.05) is 7.11 Å². The van der Waals surface area contributed by atoms with E-state index in [1.165, 1.54) is 7.11 Å². The van der Waals surface area contributed by atoms with Gasteiger partial charge in [-0.05, 0) is 0 Å². The minimum Gasteiger partial charge on any atom is -0.320 e.